The monoisotopic (exact) mass is 378 g/mol. The molecule has 1 aliphatic rings. The first-order valence-corrected chi connectivity index (χ1v) is 9.30. The Kier molecular flexibility index (Phi) is 8.06. The van der Waals surface area contributed by atoms with E-state index in [-0.39, 0.29) is 24.6 Å². The van der Waals surface area contributed by atoms with Crippen molar-refractivity contribution in [1.29, 1.82) is 0 Å². The maximum absolute atomic E-state index is 12.0. The predicted octanol–water partition coefficient (Wildman–Crippen LogP) is 2.35. The third-order valence-electron chi connectivity index (χ3n) is 3.92. The summed E-state index contributed by atoms with van der Waals surface area (Å²) in [5.41, 5.74) is 0.584. The number of nitrogens with one attached hydrogen (secondary N) is 1. The molecule has 7 nitrogen and oxygen atoms in total. The van der Waals surface area contributed by atoms with Gasteiger partial charge in [0.1, 0.15) is 12.2 Å². The van der Waals surface area contributed by atoms with Gasteiger partial charge in [-0.3, -0.25) is 4.79 Å². The molecule has 1 fully saturated rings. The number of rotatable bonds is 8. The fourth-order valence-electron chi connectivity index (χ4n) is 2.69. The van der Waals surface area contributed by atoms with E-state index in [9.17, 15) is 9.59 Å². The summed E-state index contributed by atoms with van der Waals surface area (Å²) in [7, 11) is 0. The van der Waals surface area contributed by atoms with Crippen molar-refractivity contribution in [2.75, 3.05) is 32.9 Å². The summed E-state index contributed by atoms with van der Waals surface area (Å²) in [6.07, 6.45) is 0.372. The Morgan fingerprint density at radius 3 is 2.56 bits per heavy atom. The molecule has 1 atom stereocenters. The van der Waals surface area contributed by atoms with Crippen LogP contribution in [0, 0.1) is 0 Å². The van der Waals surface area contributed by atoms with Crippen LogP contribution >= 0.6 is 0 Å². The van der Waals surface area contributed by atoms with Crippen molar-refractivity contribution >= 4 is 12.0 Å². The second-order valence-corrected chi connectivity index (χ2v) is 7.57. The zero-order valence-electron chi connectivity index (χ0n) is 16.4. The van der Waals surface area contributed by atoms with E-state index in [1.165, 1.54) is 0 Å². The quantitative estimate of drug-likeness (QED) is 0.703. The molecular weight excluding hydrogens is 348 g/mol. The van der Waals surface area contributed by atoms with Crippen LogP contribution in [0.1, 0.15) is 32.8 Å². The molecule has 150 valence electrons. The average molecular weight is 378 g/mol. The normalized spacial score (nSPS) is 17.0. The van der Waals surface area contributed by atoms with Crippen molar-refractivity contribution in [2.45, 2.75) is 45.4 Å². The molecule has 2 amide bonds. The van der Waals surface area contributed by atoms with Crippen molar-refractivity contribution < 1.29 is 23.8 Å². The van der Waals surface area contributed by atoms with Gasteiger partial charge in [0.05, 0.1) is 19.8 Å². The van der Waals surface area contributed by atoms with Crippen LogP contribution in [-0.2, 0) is 25.6 Å². The molecule has 0 aliphatic carbocycles. The van der Waals surface area contributed by atoms with Gasteiger partial charge in [0.2, 0.25) is 5.91 Å². The standard InChI is InChI=1S/C20H30N2O5/c1-20(2,3)27-19(24)22-10-9-17(13-22)21-18(23)15-26-12-11-25-14-16-7-5-4-6-8-16/h4-8,17H,9-15H2,1-3H3,(H,21,23). The van der Waals surface area contributed by atoms with E-state index in [4.69, 9.17) is 14.2 Å². The minimum Gasteiger partial charge on any atom is -0.444 e. The van der Waals surface area contributed by atoms with Gasteiger partial charge in [0, 0.05) is 19.1 Å². The SMILES string of the molecule is CC(C)(C)OC(=O)N1CCC(NC(=O)COCCOCc2ccccc2)C1. The summed E-state index contributed by atoms with van der Waals surface area (Å²) >= 11 is 0. The summed E-state index contributed by atoms with van der Waals surface area (Å²) in [6, 6.07) is 9.82. The molecule has 1 unspecified atom stereocenters. The number of carbonyl (C=O) groups excluding carboxylic acids is 2. The zero-order valence-corrected chi connectivity index (χ0v) is 16.4. The number of carbonyl (C=O) groups is 2. The van der Waals surface area contributed by atoms with Crippen LogP contribution in [-0.4, -0.2) is 61.5 Å². The third kappa shape index (κ3) is 8.41. The highest BCUT2D eigenvalue weighted by atomic mass is 16.6. The molecular formula is C20H30N2O5. The van der Waals surface area contributed by atoms with Gasteiger partial charge in [-0.15, -0.1) is 0 Å². The van der Waals surface area contributed by atoms with E-state index >= 15 is 0 Å². The van der Waals surface area contributed by atoms with Crippen LogP contribution < -0.4 is 5.32 Å². The van der Waals surface area contributed by atoms with Gasteiger partial charge < -0.3 is 24.4 Å². The largest absolute Gasteiger partial charge is 0.444 e. The lowest BCUT2D eigenvalue weighted by Crippen LogP contribution is -2.41. The maximum Gasteiger partial charge on any atom is 0.410 e. The van der Waals surface area contributed by atoms with E-state index in [1.807, 2.05) is 51.1 Å². The number of benzene rings is 1. The number of hydrogen-bond donors (Lipinski definition) is 1. The van der Waals surface area contributed by atoms with E-state index in [1.54, 1.807) is 4.90 Å². The fraction of sp³-hybridized carbons (Fsp3) is 0.600. The van der Waals surface area contributed by atoms with Crippen molar-refractivity contribution in [3.05, 3.63) is 35.9 Å². The second kappa shape index (κ2) is 10.3. The van der Waals surface area contributed by atoms with Crippen LogP contribution in [0.25, 0.3) is 0 Å². The van der Waals surface area contributed by atoms with Crippen molar-refractivity contribution in [3.8, 4) is 0 Å². The highest BCUT2D eigenvalue weighted by Gasteiger charge is 2.30. The van der Waals surface area contributed by atoms with Gasteiger partial charge in [-0.2, -0.15) is 0 Å². The topological polar surface area (TPSA) is 77.1 Å². The van der Waals surface area contributed by atoms with Crippen LogP contribution in [0.15, 0.2) is 30.3 Å². The molecule has 1 saturated heterocycles. The Labute approximate surface area is 161 Å². The molecule has 0 bridgehead atoms. The number of ether oxygens (including phenoxy) is 3. The van der Waals surface area contributed by atoms with Gasteiger partial charge >= 0.3 is 6.09 Å². The lowest BCUT2D eigenvalue weighted by Gasteiger charge is -2.24. The summed E-state index contributed by atoms with van der Waals surface area (Å²) < 4.78 is 16.2. The third-order valence-corrected chi connectivity index (χ3v) is 3.92. The Morgan fingerprint density at radius 1 is 1.15 bits per heavy atom. The van der Waals surface area contributed by atoms with E-state index in [2.05, 4.69) is 5.32 Å². The van der Waals surface area contributed by atoms with E-state index in [0.717, 1.165) is 5.56 Å². The predicted molar refractivity (Wildman–Crippen MR) is 101 cm³/mol. The van der Waals surface area contributed by atoms with Gasteiger partial charge in [-0.1, -0.05) is 30.3 Å². The average Bonchev–Trinajstić information content (AvgIpc) is 3.06. The Hall–Kier alpha value is -2.12. The fourth-order valence-corrected chi connectivity index (χ4v) is 2.69. The van der Waals surface area contributed by atoms with Gasteiger partial charge in [-0.05, 0) is 32.8 Å². The molecule has 1 aromatic carbocycles. The van der Waals surface area contributed by atoms with E-state index < -0.39 is 5.60 Å². The Bertz CT molecular complexity index is 600. The summed E-state index contributed by atoms with van der Waals surface area (Å²) in [4.78, 5) is 25.6. The molecule has 0 radical (unpaired) electrons. The van der Waals surface area contributed by atoms with Crippen LogP contribution in [0.4, 0.5) is 4.79 Å². The maximum atomic E-state index is 12.0. The Morgan fingerprint density at radius 2 is 1.85 bits per heavy atom. The van der Waals surface area contributed by atoms with E-state index in [0.29, 0.717) is 39.3 Å². The highest BCUT2D eigenvalue weighted by Crippen LogP contribution is 2.15. The summed E-state index contributed by atoms with van der Waals surface area (Å²) in [5.74, 6) is -0.186. The molecule has 1 aliphatic heterocycles. The second-order valence-electron chi connectivity index (χ2n) is 7.57. The zero-order chi connectivity index (χ0) is 19.7. The molecule has 1 aromatic rings. The minimum atomic E-state index is -0.519. The summed E-state index contributed by atoms with van der Waals surface area (Å²) in [5, 5.41) is 2.89. The summed E-state index contributed by atoms with van der Waals surface area (Å²) in [6.45, 7) is 7.84. The molecule has 7 heteroatoms. The number of likely N-dealkylation sites (tertiary alicyclic amines) is 1. The van der Waals surface area contributed by atoms with Crippen molar-refractivity contribution in [1.82, 2.24) is 10.2 Å². The molecule has 0 spiro atoms. The smallest absolute Gasteiger partial charge is 0.410 e. The van der Waals surface area contributed by atoms with Gasteiger partial charge in [0.15, 0.2) is 0 Å². The van der Waals surface area contributed by atoms with Gasteiger partial charge in [0.25, 0.3) is 0 Å². The Balaban J connectivity index is 1.54. The molecule has 0 aromatic heterocycles. The van der Waals surface area contributed by atoms with Gasteiger partial charge in [-0.25, -0.2) is 4.79 Å². The first-order valence-electron chi connectivity index (χ1n) is 9.30. The first-order chi connectivity index (χ1) is 12.8. The molecule has 0 saturated carbocycles. The molecule has 27 heavy (non-hydrogen) atoms. The molecule has 2 rings (SSSR count). The molecule has 1 heterocycles. The lowest BCUT2D eigenvalue weighted by atomic mass is 10.2. The molecule has 1 N–H and O–H groups in total. The number of nitrogens with zero attached hydrogens (tertiary/aromatic N) is 1. The number of amides is 2. The van der Waals surface area contributed by atoms with Crippen LogP contribution in [0.5, 0.6) is 0 Å². The minimum absolute atomic E-state index is 0.0162. The van der Waals surface area contributed by atoms with Crippen molar-refractivity contribution in [2.24, 2.45) is 0 Å². The highest BCUT2D eigenvalue weighted by molar-refractivity contribution is 5.77. The lowest BCUT2D eigenvalue weighted by molar-refractivity contribution is -0.126. The van der Waals surface area contributed by atoms with Crippen LogP contribution in [0.2, 0.25) is 0 Å². The van der Waals surface area contributed by atoms with Crippen LogP contribution in [0.3, 0.4) is 0 Å². The number of hydrogen-bond acceptors (Lipinski definition) is 5. The van der Waals surface area contributed by atoms with Crippen molar-refractivity contribution in [3.63, 3.8) is 0 Å². The first kappa shape index (κ1) is 21.2.